The minimum atomic E-state index is -0.749. The highest BCUT2D eigenvalue weighted by Gasteiger charge is 2.16. The van der Waals surface area contributed by atoms with Crippen molar-refractivity contribution in [2.75, 3.05) is 24.3 Å². The van der Waals surface area contributed by atoms with Gasteiger partial charge in [-0.2, -0.15) is 0 Å². The van der Waals surface area contributed by atoms with Gasteiger partial charge in [-0.1, -0.05) is 0 Å². The van der Waals surface area contributed by atoms with E-state index in [1.54, 1.807) is 24.4 Å². The van der Waals surface area contributed by atoms with Gasteiger partial charge in [-0.15, -0.1) is 0 Å². The number of anilines is 2. The third kappa shape index (κ3) is 5.00. The number of aliphatic hydroxyl groups excluding tert-OH is 1. The van der Waals surface area contributed by atoms with E-state index in [1.807, 2.05) is 32.0 Å². The van der Waals surface area contributed by atoms with Crippen LogP contribution < -0.4 is 15.5 Å². The van der Waals surface area contributed by atoms with Crippen molar-refractivity contribution in [3.05, 3.63) is 42.5 Å². The van der Waals surface area contributed by atoms with Gasteiger partial charge in [0, 0.05) is 26.6 Å². The Morgan fingerprint density at radius 2 is 2.17 bits per heavy atom. The fourth-order valence-corrected chi connectivity index (χ4v) is 2.11. The molecule has 124 valence electrons. The molecule has 3 N–H and O–H groups in total. The standard InChI is InChI=1S/C16H22N4O3/c1-11(9-13(21)14-5-4-8-23-14)18-16(22)19-12-6-7-15(17-10-12)20(2)3/h4-8,10-11,13,21H,9H2,1-3H3,(H2,18,19,22). The molecule has 7 heteroatoms. The summed E-state index contributed by atoms with van der Waals surface area (Å²) in [4.78, 5) is 18.0. The number of aliphatic hydroxyl groups is 1. The monoisotopic (exact) mass is 318 g/mol. The fraction of sp³-hybridized carbons (Fsp3) is 0.375. The van der Waals surface area contributed by atoms with Gasteiger partial charge in [0.05, 0.1) is 18.1 Å². The average molecular weight is 318 g/mol. The van der Waals surface area contributed by atoms with Crippen LogP contribution in [0.15, 0.2) is 41.1 Å². The van der Waals surface area contributed by atoms with Crippen LogP contribution in [0, 0.1) is 0 Å². The molecule has 0 bridgehead atoms. The number of rotatable bonds is 6. The average Bonchev–Trinajstić information content (AvgIpc) is 3.01. The summed E-state index contributed by atoms with van der Waals surface area (Å²) >= 11 is 0. The van der Waals surface area contributed by atoms with E-state index in [1.165, 1.54) is 6.26 Å². The number of carbonyl (C=O) groups is 1. The highest BCUT2D eigenvalue weighted by atomic mass is 16.4. The topological polar surface area (TPSA) is 90.6 Å². The molecule has 0 aromatic carbocycles. The molecule has 0 aliphatic heterocycles. The molecule has 0 radical (unpaired) electrons. The Hall–Kier alpha value is -2.54. The number of hydrogen-bond acceptors (Lipinski definition) is 5. The van der Waals surface area contributed by atoms with E-state index in [-0.39, 0.29) is 12.1 Å². The zero-order chi connectivity index (χ0) is 16.8. The largest absolute Gasteiger partial charge is 0.467 e. The zero-order valence-corrected chi connectivity index (χ0v) is 13.5. The second-order valence-electron chi connectivity index (χ2n) is 5.57. The number of aromatic nitrogens is 1. The van der Waals surface area contributed by atoms with Crippen LogP contribution in [0.5, 0.6) is 0 Å². The first-order chi connectivity index (χ1) is 11.0. The van der Waals surface area contributed by atoms with E-state index in [0.29, 0.717) is 17.9 Å². The van der Waals surface area contributed by atoms with Gasteiger partial charge >= 0.3 is 6.03 Å². The summed E-state index contributed by atoms with van der Waals surface area (Å²) in [5.41, 5.74) is 0.604. The third-order valence-corrected chi connectivity index (χ3v) is 3.29. The Balaban J connectivity index is 1.81. The smallest absolute Gasteiger partial charge is 0.319 e. The van der Waals surface area contributed by atoms with Crippen molar-refractivity contribution in [3.8, 4) is 0 Å². The van der Waals surface area contributed by atoms with Gasteiger partial charge in [0.2, 0.25) is 0 Å². The van der Waals surface area contributed by atoms with Gasteiger partial charge in [-0.05, 0) is 31.2 Å². The first-order valence-corrected chi connectivity index (χ1v) is 7.38. The van der Waals surface area contributed by atoms with E-state index < -0.39 is 6.10 Å². The van der Waals surface area contributed by atoms with Crippen LogP contribution in [-0.4, -0.2) is 36.3 Å². The van der Waals surface area contributed by atoms with Gasteiger partial charge in [0.15, 0.2) is 0 Å². The SMILES string of the molecule is CC(CC(O)c1ccco1)NC(=O)Nc1ccc(N(C)C)nc1. The van der Waals surface area contributed by atoms with E-state index in [4.69, 9.17) is 4.42 Å². The van der Waals surface area contributed by atoms with Crippen LogP contribution in [0.25, 0.3) is 0 Å². The van der Waals surface area contributed by atoms with Crippen LogP contribution in [0.3, 0.4) is 0 Å². The maximum absolute atomic E-state index is 11.9. The number of carbonyl (C=O) groups excluding carboxylic acids is 1. The van der Waals surface area contributed by atoms with Gasteiger partial charge < -0.3 is 25.1 Å². The van der Waals surface area contributed by atoms with Crippen molar-refractivity contribution in [2.24, 2.45) is 0 Å². The Morgan fingerprint density at radius 1 is 1.39 bits per heavy atom. The predicted octanol–water partition coefficient (Wildman–Crippen LogP) is 2.37. The van der Waals surface area contributed by atoms with Crippen molar-refractivity contribution in [1.82, 2.24) is 10.3 Å². The second-order valence-corrected chi connectivity index (χ2v) is 5.57. The van der Waals surface area contributed by atoms with Crippen molar-refractivity contribution in [2.45, 2.75) is 25.5 Å². The third-order valence-electron chi connectivity index (χ3n) is 3.29. The lowest BCUT2D eigenvalue weighted by atomic mass is 10.1. The first-order valence-electron chi connectivity index (χ1n) is 7.38. The molecule has 2 atom stereocenters. The Kier molecular flexibility index (Phi) is 5.59. The maximum atomic E-state index is 11.9. The predicted molar refractivity (Wildman–Crippen MR) is 88.5 cm³/mol. The minimum Gasteiger partial charge on any atom is -0.467 e. The van der Waals surface area contributed by atoms with Gasteiger partial charge in [-0.3, -0.25) is 0 Å². The van der Waals surface area contributed by atoms with Crippen LogP contribution in [0.1, 0.15) is 25.2 Å². The number of nitrogens with zero attached hydrogens (tertiary/aromatic N) is 2. The van der Waals surface area contributed by atoms with Crippen molar-refractivity contribution in [1.29, 1.82) is 0 Å². The summed E-state index contributed by atoms with van der Waals surface area (Å²) in [6, 6.07) is 6.46. The molecule has 2 heterocycles. The molecule has 23 heavy (non-hydrogen) atoms. The molecule has 7 nitrogen and oxygen atoms in total. The van der Waals surface area contributed by atoms with Crippen LogP contribution in [0.2, 0.25) is 0 Å². The molecule has 2 unspecified atom stereocenters. The highest BCUT2D eigenvalue weighted by molar-refractivity contribution is 5.89. The van der Waals surface area contributed by atoms with Crippen LogP contribution in [0.4, 0.5) is 16.3 Å². The Morgan fingerprint density at radius 3 is 2.74 bits per heavy atom. The number of hydrogen-bond donors (Lipinski definition) is 3. The van der Waals surface area contributed by atoms with Gasteiger partial charge in [-0.25, -0.2) is 9.78 Å². The molecule has 0 fully saturated rings. The summed E-state index contributed by atoms with van der Waals surface area (Å²) in [6.45, 7) is 1.82. The molecular weight excluding hydrogens is 296 g/mol. The number of nitrogens with one attached hydrogen (secondary N) is 2. The van der Waals surface area contributed by atoms with Crippen molar-refractivity contribution < 1.29 is 14.3 Å². The van der Waals surface area contributed by atoms with E-state index >= 15 is 0 Å². The lowest BCUT2D eigenvalue weighted by molar-refractivity contribution is 0.130. The van der Waals surface area contributed by atoms with Crippen molar-refractivity contribution in [3.63, 3.8) is 0 Å². The number of urea groups is 1. The molecule has 2 rings (SSSR count). The first kappa shape index (κ1) is 16.8. The molecular formula is C16H22N4O3. The lowest BCUT2D eigenvalue weighted by Gasteiger charge is -2.17. The summed E-state index contributed by atoms with van der Waals surface area (Å²) in [6.07, 6.45) is 2.71. The summed E-state index contributed by atoms with van der Waals surface area (Å²) in [5.74, 6) is 1.30. The van der Waals surface area contributed by atoms with Gasteiger partial charge in [0.25, 0.3) is 0 Å². The molecule has 0 aliphatic rings. The lowest BCUT2D eigenvalue weighted by Crippen LogP contribution is -2.37. The molecule has 2 aromatic rings. The van der Waals surface area contributed by atoms with Crippen molar-refractivity contribution >= 4 is 17.5 Å². The molecule has 0 aliphatic carbocycles. The maximum Gasteiger partial charge on any atom is 0.319 e. The summed E-state index contributed by atoms with van der Waals surface area (Å²) < 4.78 is 5.14. The molecule has 0 saturated heterocycles. The van der Waals surface area contributed by atoms with Crippen LogP contribution in [-0.2, 0) is 0 Å². The molecule has 2 amide bonds. The highest BCUT2D eigenvalue weighted by Crippen LogP contribution is 2.18. The second kappa shape index (κ2) is 7.64. The van der Waals surface area contributed by atoms with Crippen LogP contribution >= 0.6 is 0 Å². The van der Waals surface area contributed by atoms with Gasteiger partial charge in [0.1, 0.15) is 17.7 Å². The Labute approximate surface area is 135 Å². The minimum absolute atomic E-state index is 0.218. The summed E-state index contributed by atoms with van der Waals surface area (Å²) in [7, 11) is 3.79. The zero-order valence-electron chi connectivity index (χ0n) is 13.5. The number of pyridine rings is 1. The molecule has 0 saturated carbocycles. The van der Waals surface area contributed by atoms with E-state index in [0.717, 1.165) is 5.82 Å². The summed E-state index contributed by atoms with van der Waals surface area (Å²) in [5, 5.41) is 15.5. The quantitative estimate of drug-likeness (QED) is 0.761. The molecule has 2 aromatic heterocycles. The number of furan rings is 1. The Bertz CT molecular complexity index is 611. The fourth-order valence-electron chi connectivity index (χ4n) is 2.11. The van der Waals surface area contributed by atoms with E-state index in [9.17, 15) is 9.90 Å². The normalized spacial score (nSPS) is 13.2. The molecule has 0 spiro atoms. The number of amides is 2. The van der Waals surface area contributed by atoms with E-state index in [2.05, 4.69) is 15.6 Å².